The minimum absolute atomic E-state index is 0.609. The molecule has 1 atom stereocenters. The standard InChI is InChI=1S/C16H20ClN3/c17-16-13-3-1-2-4-14(13)19-15(16)9-18-11-7-8-20(10-11)12-5-6-12/h1-4,11-12,18-19H,5-10H2. The Hall–Kier alpha value is -1.03. The Morgan fingerprint density at radius 1 is 1.25 bits per heavy atom. The van der Waals surface area contributed by atoms with Gasteiger partial charge in [0.25, 0.3) is 0 Å². The van der Waals surface area contributed by atoms with Crippen LogP contribution in [0, 0.1) is 0 Å². The van der Waals surface area contributed by atoms with Crippen LogP contribution in [0.3, 0.4) is 0 Å². The van der Waals surface area contributed by atoms with Gasteiger partial charge in [0.1, 0.15) is 0 Å². The second kappa shape index (κ2) is 5.06. The Morgan fingerprint density at radius 3 is 2.90 bits per heavy atom. The predicted octanol–water partition coefficient (Wildman–Crippen LogP) is 3.15. The van der Waals surface area contributed by atoms with Crippen LogP contribution in [0.5, 0.6) is 0 Å². The number of aromatic amines is 1. The summed E-state index contributed by atoms with van der Waals surface area (Å²) in [5.74, 6) is 0. The van der Waals surface area contributed by atoms with Gasteiger partial charge in [-0.25, -0.2) is 0 Å². The van der Waals surface area contributed by atoms with E-state index in [1.54, 1.807) is 0 Å². The molecule has 1 aromatic heterocycles. The summed E-state index contributed by atoms with van der Waals surface area (Å²) in [5, 5.41) is 5.64. The van der Waals surface area contributed by atoms with Gasteiger partial charge in [0.15, 0.2) is 0 Å². The quantitative estimate of drug-likeness (QED) is 0.906. The average molecular weight is 290 g/mol. The SMILES string of the molecule is Clc1c(CNC2CCN(C3CC3)C2)[nH]c2ccccc12. The van der Waals surface area contributed by atoms with Gasteiger partial charge in [0.05, 0.1) is 5.02 Å². The summed E-state index contributed by atoms with van der Waals surface area (Å²) in [5.41, 5.74) is 2.23. The van der Waals surface area contributed by atoms with Crippen LogP contribution in [0.15, 0.2) is 24.3 Å². The minimum atomic E-state index is 0.609. The molecule has 20 heavy (non-hydrogen) atoms. The molecule has 1 saturated heterocycles. The van der Waals surface area contributed by atoms with Crippen molar-refractivity contribution in [2.45, 2.75) is 37.9 Å². The molecule has 0 bridgehead atoms. The lowest BCUT2D eigenvalue weighted by atomic mass is 10.2. The first-order valence-corrected chi connectivity index (χ1v) is 7.91. The van der Waals surface area contributed by atoms with Crippen molar-refractivity contribution in [1.82, 2.24) is 15.2 Å². The molecular formula is C16H20ClN3. The van der Waals surface area contributed by atoms with Gasteiger partial charge in [-0.1, -0.05) is 29.8 Å². The van der Waals surface area contributed by atoms with Gasteiger partial charge in [-0.05, 0) is 25.3 Å². The van der Waals surface area contributed by atoms with Crippen molar-refractivity contribution < 1.29 is 0 Å². The molecule has 2 aromatic rings. The Balaban J connectivity index is 1.42. The Kier molecular flexibility index (Phi) is 3.21. The van der Waals surface area contributed by atoms with Crippen LogP contribution in [0.1, 0.15) is 25.0 Å². The van der Waals surface area contributed by atoms with Crippen LogP contribution in [-0.4, -0.2) is 35.1 Å². The highest BCUT2D eigenvalue weighted by atomic mass is 35.5. The monoisotopic (exact) mass is 289 g/mol. The number of para-hydroxylation sites is 1. The van der Waals surface area contributed by atoms with Crippen molar-refractivity contribution >= 4 is 22.5 Å². The molecule has 1 aliphatic carbocycles. The summed E-state index contributed by atoms with van der Waals surface area (Å²) < 4.78 is 0. The van der Waals surface area contributed by atoms with Gasteiger partial charge in [0.2, 0.25) is 0 Å². The zero-order valence-electron chi connectivity index (χ0n) is 11.5. The van der Waals surface area contributed by atoms with Crippen molar-refractivity contribution in [3.05, 3.63) is 35.0 Å². The molecule has 1 unspecified atom stereocenters. The molecule has 0 radical (unpaired) electrons. The number of fused-ring (bicyclic) bond motifs is 1. The molecule has 106 valence electrons. The molecule has 4 heteroatoms. The minimum Gasteiger partial charge on any atom is -0.356 e. The van der Waals surface area contributed by atoms with E-state index in [9.17, 15) is 0 Å². The second-order valence-electron chi connectivity index (χ2n) is 6.06. The van der Waals surface area contributed by atoms with Crippen LogP contribution in [-0.2, 0) is 6.54 Å². The van der Waals surface area contributed by atoms with E-state index in [0.717, 1.165) is 34.2 Å². The summed E-state index contributed by atoms with van der Waals surface area (Å²) >= 11 is 6.45. The van der Waals surface area contributed by atoms with Crippen molar-refractivity contribution in [2.75, 3.05) is 13.1 Å². The highest BCUT2D eigenvalue weighted by molar-refractivity contribution is 6.36. The molecule has 3 nitrogen and oxygen atoms in total. The second-order valence-corrected chi connectivity index (χ2v) is 6.43. The molecular weight excluding hydrogens is 270 g/mol. The molecule has 2 N–H and O–H groups in total. The van der Waals surface area contributed by atoms with Crippen LogP contribution in [0.2, 0.25) is 5.02 Å². The maximum Gasteiger partial charge on any atom is 0.0705 e. The van der Waals surface area contributed by atoms with Gasteiger partial charge in [-0.15, -0.1) is 0 Å². The summed E-state index contributed by atoms with van der Waals surface area (Å²) in [6.07, 6.45) is 4.06. The van der Waals surface area contributed by atoms with Crippen molar-refractivity contribution in [3.63, 3.8) is 0 Å². The molecule has 1 aromatic carbocycles. The summed E-state index contributed by atoms with van der Waals surface area (Å²) in [7, 11) is 0. The third-order valence-electron chi connectivity index (χ3n) is 4.56. The van der Waals surface area contributed by atoms with E-state index in [-0.39, 0.29) is 0 Å². The van der Waals surface area contributed by atoms with Crippen LogP contribution in [0.4, 0.5) is 0 Å². The number of hydrogen-bond donors (Lipinski definition) is 2. The van der Waals surface area contributed by atoms with Crippen LogP contribution in [0.25, 0.3) is 10.9 Å². The zero-order chi connectivity index (χ0) is 13.5. The lowest BCUT2D eigenvalue weighted by Gasteiger charge is -2.15. The third-order valence-corrected chi connectivity index (χ3v) is 5.00. The molecule has 2 aliphatic rings. The highest BCUT2D eigenvalue weighted by Gasteiger charge is 2.34. The van der Waals surface area contributed by atoms with E-state index in [0.29, 0.717) is 6.04 Å². The maximum absolute atomic E-state index is 6.45. The number of nitrogens with zero attached hydrogens (tertiary/aromatic N) is 1. The first-order valence-electron chi connectivity index (χ1n) is 7.54. The topological polar surface area (TPSA) is 31.1 Å². The Morgan fingerprint density at radius 2 is 2.10 bits per heavy atom. The number of H-pyrrole nitrogens is 1. The fourth-order valence-electron chi connectivity index (χ4n) is 3.26. The first-order chi connectivity index (χ1) is 9.81. The number of rotatable bonds is 4. The lowest BCUT2D eigenvalue weighted by Crippen LogP contribution is -2.33. The molecule has 0 amide bonds. The van der Waals surface area contributed by atoms with E-state index in [2.05, 4.69) is 27.3 Å². The first kappa shape index (κ1) is 12.7. The van der Waals surface area contributed by atoms with Gasteiger partial charge < -0.3 is 10.3 Å². The lowest BCUT2D eigenvalue weighted by molar-refractivity contribution is 0.317. The van der Waals surface area contributed by atoms with E-state index in [1.165, 1.54) is 32.4 Å². The van der Waals surface area contributed by atoms with Crippen molar-refractivity contribution in [2.24, 2.45) is 0 Å². The molecule has 0 spiro atoms. The fraction of sp³-hybridized carbons (Fsp3) is 0.500. The van der Waals surface area contributed by atoms with E-state index in [1.807, 2.05) is 12.1 Å². The largest absolute Gasteiger partial charge is 0.356 e. The summed E-state index contributed by atoms with van der Waals surface area (Å²) in [4.78, 5) is 6.06. The van der Waals surface area contributed by atoms with Gasteiger partial charge >= 0.3 is 0 Å². The molecule has 1 saturated carbocycles. The smallest absolute Gasteiger partial charge is 0.0705 e. The highest BCUT2D eigenvalue weighted by Crippen LogP contribution is 2.30. The maximum atomic E-state index is 6.45. The number of halogens is 1. The number of nitrogens with one attached hydrogen (secondary N) is 2. The summed E-state index contributed by atoms with van der Waals surface area (Å²) in [6, 6.07) is 9.72. The molecule has 2 heterocycles. The Bertz CT molecular complexity index is 617. The number of aromatic nitrogens is 1. The molecule has 1 aliphatic heterocycles. The summed E-state index contributed by atoms with van der Waals surface area (Å²) in [6.45, 7) is 3.28. The zero-order valence-corrected chi connectivity index (χ0v) is 12.3. The van der Waals surface area contributed by atoms with Crippen molar-refractivity contribution in [3.8, 4) is 0 Å². The average Bonchev–Trinajstić information content (AvgIpc) is 3.13. The van der Waals surface area contributed by atoms with Gasteiger partial charge in [-0.3, -0.25) is 4.90 Å². The van der Waals surface area contributed by atoms with Crippen LogP contribution >= 0.6 is 11.6 Å². The normalized spacial score (nSPS) is 23.8. The molecule has 2 fully saturated rings. The number of hydrogen-bond acceptors (Lipinski definition) is 2. The Labute approximate surface area is 124 Å². The van der Waals surface area contributed by atoms with Crippen molar-refractivity contribution in [1.29, 1.82) is 0 Å². The predicted molar refractivity (Wildman–Crippen MR) is 83.1 cm³/mol. The van der Waals surface area contributed by atoms with E-state index in [4.69, 9.17) is 11.6 Å². The van der Waals surface area contributed by atoms with E-state index >= 15 is 0 Å². The van der Waals surface area contributed by atoms with E-state index < -0.39 is 0 Å². The van der Waals surface area contributed by atoms with Crippen LogP contribution < -0.4 is 5.32 Å². The van der Waals surface area contributed by atoms with Gasteiger partial charge in [-0.2, -0.15) is 0 Å². The number of likely N-dealkylation sites (tertiary alicyclic amines) is 1. The fourth-order valence-corrected chi connectivity index (χ4v) is 3.54. The number of benzene rings is 1. The van der Waals surface area contributed by atoms with Gasteiger partial charge in [0, 0.05) is 48.3 Å². The third kappa shape index (κ3) is 2.34. The molecule has 4 rings (SSSR count).